The van der Waals surface area contributed by atoms with E-state index in [9.17, 15) is 13.2 Å². The molecule has 0 atom stereocenters. The maximum absolute atomic E-state index is 12.2. The van der Waals surface area contributed by atoms with E-state index in [-0.39, 0.29) is 5.97 Å². The summed E-state index contributed by atoms with van der Waals surface area (Å²) in [6.07, 6.45) is 3.76. The summed E-state index contributed by atoms with van der Waals surface area (Å²) in [6.45, 7) is 1.97. The Morgan fingerprint density at radius 1 is 1.24 bits per heavy atom. The summed E-state index contributed by atoms with van der Waals surface area (Å²) >= 11 is 4.89. The van der Waals surface area contributed by atoms with Gasteiger partial charge in [0.1, 0.15) is 4.88 Å². The van der Waals surface area contributed by atoms with E-state index in [1.807, 2.05) is 13.0 Å². The lowest BCUT2D eigenvalue weighted by Gasteiger charge is -2.23. The van der Waals surface area contributed by atoms with Crippen molar-refractivity contribution in [2.24, 2.45) is 0 Å². The number of hydrogen-bond acceptors (Lipinski definition) is 5. The minimum absolute atomic E-state index is 0.358. The molecule has 8 heteroatoms. The van der Waals surface area contributed by atoms with Gasteiger partial charge >= 0.3 is 5.97 Å². The van der Waals surface area contributed by atoms with E-state index in [2.05, 4.69) is 20.7 Å². The van der Waals surface area contributed by atoms with Gasteiger partial charge in [0, 0.05) is 5.56 Å². The third-order valence-electron chi connectivity index (χ3n) is 4.48. The maximum Gasteiger partial charge on any atom is 0.348 e. The summed E-state index contributed by atoms with van der Waals surface area (Å²) in [7, 11) is -1.33. The Hall–Kier alpha value is -1.38. The van der Waals surface area contributed by atoms with Gasteiger partial charge in [-0.1, -0.05) is 6.07 Å². The predicted molar refractivity (Wildman–Crippen MR) is 104 cm³/mol. The Morgan fingerprint density at radius 2 is 1.92 bits per heavy atom. The number of carbonyl (C=O) groups is 1. The van der Waals surface area contributed by atoms with Crippen molar-refractivity contribution in [1.82, 2.24) is 0 Å². The van der Waals surface area contributed by atoms with Crippen molar-refractivity contribution in [3.8, 4) is 11.1 Å². The lowest BCUT2D eigenvalue weighted by molar-refractivity contribution is 0.0607. The van der Waals surface area contributed by atoms with E-state index in [4.69, 9.17) is 4.74 Å². The SMILES string of the molecule is COC(=O)c1sc(Br)c(C)c1-c1ccc(N[SH](=O)=O)c2c1CCCC2. The van der Waals surface area contributed by atoms with Crippen LogP contribution in [-0.4, -0.2) is 21.5 Å². The average molecular weight is 444 g/mol. The Bertz CT molecular complexity index is 910. The summed E-state index contributed by atoms with van der Waals surface area (Å²) in [5.74, 6) is -0.358. The van der Waals surface area contributed by atoms with Crippen molar-refractivity contribution in [3.05, 3.63) is 37.5 Å². The average Bonchev–Trinajstić information content (AvgIpc) is 2.89. The topological polar surface area (TPSA) is 72.5 Å². The molecular weight excluding hydrogens is 426 g/mol. The van der Waals surface area contributed by atoms with Crippen LogP contribution in [0.15, 0.2) is 15.9 Å². The molecule has 3 rings (SSSR count). The van der Waals surface area contributed by atoms with Gasteiger partial charge in [0.05, 0.1) is 16.6 Å². The normalized spacial score (nSPS) is 13.6. The van der Waals surface area contributed by atoms with Crippen LogP contribution in [0.3, 0.4) is 0 Å². The highest BCUT2D eigenvalue weighted by molar-refractivity contribution is 9.11. The second kappa shape index (κ2) is 7.47. The third kappa shape index (κ3) is 3.47. The molecule has 0 amide bonds. The second-order valence-corrected chi connectivity index (χ2v) is 8.97. The number of fused-ring (bicyclic) bond motifs is 1. The molecule has 0 unspecified atom stereocenters. The molecule has 1 aromatic heterocycles. The Morgan fingerprint density at radius 3 is 2.56 bits per heavy atom. The van der Waals surface area contributed by atoms with Crippen LogP contribution in [0.4, 0.5) is 5.69 Å². The van der Waals surface area contributed by atoms with E-state index >= 15 is 0 Å². The number of ether oxygens (including phenoxy) is 1. The lowest BCUT2D eigenvalue weighted by atomic mass is 9.84. The molecule has 1 N–H and O–H groups in total. The smallest absolute Gasteiger partial charge is 0.348 e. The zero-order chi connectivity index (χ0) is 18.1. The van der Waals surface area contributed by atoms with Crippen LogP contribution in [-0.2, 0) is 28.5 Å². The van der Waals surface area contributed by atoms with Crippen LogP contribution in [0.5, 0.6) is 0 Å². The van der Waals surface area contributed by atoms with Gasteiger partial charge in [0.15, 0.2) is 0 Å². The van der Waals surface area contributed by atoms with Gasteiger partial charge < -0.3 is 4.74 Å². The van der Waals surface area contributed by atoms with E-state index < -0.39 is 10.9 Å². The fourth-order valence-corrected chi connectivity index (χ4v) is 5.41. The van der Waals surface area contributed by atoms with E-state index in [0.29, 0.717) is 10.6 Å². The largest absolute Gasteiger partial charge is 0.465 e. The van der Waals surface area contributed by atoms with Crippen LogP contribution in [0, 0.1) is 6.92 Å². The molecule has 25 heavy (non-hydrogen) atoms. The van der Waals surface area contributed by atoms with Crippen molar-refractivity contribution < 1.29 is 17.9 Å². The van der Waals surface area contributed by atoms with Gasteiger partial charge in [-0.15, -0.1) is 11.3 Å². The standard InChI is InChI=1S/C17H18BrNO4S2/c1-9-14(15(17(20)23-2)24-16(9)18)12-7-8-13(19-25(21)22)11-6-4-3-5-10(11)12/h7-8,25H,3-6H2,1-2H3,(H,19,21,22). The summed E-state index contributed by atoms with van der Waals surface area (Å²) in [5, 5.41) is 0. The first-order valence-corrected chi connectivity index (χ1v) is 10.7. The molecule has 0 radical (unpaired) electrons. The van der Waals surface area contributed by atoms with Gasteiger partial charge in [-0.2, -0.15) is 0 Å². The van der Waals surface area contributed by atoms with Crippen molar-refractivity contribution in [1.29, 1.82) is 0 Å². The molecule has 0 bridgehead atoms. The zero-order valence-electron chi connectivity index (χ0n) is 13.8. The molecule has 0 aliphatic heterocycles. The third-order valence-corrected chi connectivity index (χ3v) is 7.04. The van der Waals surface area contributed by atoms with Crippen LogP contribution < -0.4 is 4.72 Å². The van der Waals surface area contributed by atoms with E-state index in [1.54, 1.807) is 6.07 Å². The molecule has 1 aromatic carbocycles. The predicted octanol–water partition coefficient (Wildman–Crippen LogP) is 4.09. The zero-order valence-corrected chi connectivity index (χ0v) is 17.1. The van der Waals surface area contributed by atoms with Crippen LogP contribution in [0.2, 0.25) is 0 Å². The number of benzene rings is 1. The highest BCUT2D eigenvalue weighted by atomic mass is 79.9. The number of nitrogens with one attached hydrogen (secondary N) is 1. The summed E-state index contributed by atoms with van der Waals surface area (Å²) in [5.41, 5.74) is 5.64. The Balaban J connectivity index is 2.24. The van der Waals surface area contributed by atoms with Crippen LogP contribution in [0.1, 0.15) is 39.2 Å². The molecule has 5 nitrogen and oxygen atoms in total. The lowest BCUT2D eigenvalue weighted by Crippen LogP contribution is -2.10. The molecule has 1 heterocycles. The first-order valence-electron chi connectivity index (χ1n) is 7.87. The molecule has 0 fully saturated rings. The Kier molecular flexibility index (Phi) is 5.50. The second-order valence-electron chi connectivity index (χ2n) is 5.89. The molecule has 1 aliphatic rings. The fourth-order valence-electron chi connectivity index (χ4n) is 3.35. The van der Waals surface area contributed by atoms with Gasteiger partial charge in [-0.05, 0) is 76.9 Å². The first-order chi connectivity index (χ1) is 11.9. The number of halogens is 1. The quantitative estimate of drug-likeness (QED) is 0.551. The number of anilines is 1. The Labute approximate surface area is 160 Å². The van der Waals surface area contributed by atoms with Crippen molar-refractivity contribution in [2.75, 3.05) is 11.8 Å². The van der Waals surface area contributed by atoms with Crippen LogP contribution >= 0.6 is 27.3 Å². The molecule has 134 valence electrons. The number of hydrogen-bond donors (Lipinski definition) is 2. The number of thiophene rings is 1. The number of rotatable bonds is 4. The highest BCUT2D eigenvalue weighted by Crippen LogP contribution is 2.44. The van der Waals surface area contributed by atoms with Gasteiger partial charge in [-0.25, -0.2) is 13.2 Å². The molecule has 2 aromatic rings. The number of methoxy groups -OCH3 is 1. The summed E-state index contributed by atoms with van der Waals surface area (Å²) in [6, 6.07) is 3.69. The van der Waals surface area contributed by atoms with Crippen LogP contribution in [0.25, 0.3) is 11.1 Å². The monoisotopic (exact) mass is 443 g/mol. The van der Waals surface area contributed by atoms with Crippen molar-refractivity contribution in [3.63, 3.8) is 0 Å². The molecular formula is C17H18BrNO4S2. The molecule has 0 saturated carbocycles. The van der Waals surface area contributed by atoms with Gasteiger partial charge in [0.2, 0.25) is 10.9 Å². The minimum Gasteiger partial charge on any atom is -0.465 e. The van der Waals surface area contributed by atoms with E-state index in [0.717, 1.165) is 57.3 Å². The summed E-state index contributed by atoms with van der Waals surface area (Å²) < 4.78 is 30.6. The van der Waals surface area contributed by atoms with E-state index in [1.165, 1.54) is 18.4 Å². The maximum atomic E-state index is 12.2. The summed E-state index contributed by atoms with van der Waals surface area (Å²) in [4.78, 5) is 12.8. The van der Waals surface area contributed by atoms with Crippen molar-refractivity contribution in [2.45, 2.75) is 32.6 Å². The number of thiol groups is 1. The highest BCUT2D eigenvalue weighted by Gasteiger charge is 2.26. The molecule has 0 spiro atoms. The molecule has 1 aliphatic carbocycles. The van der Waals surface area contributed by atoms with Gasteiger partial charge in [0.25, 0.3) is 0 Å². The number of esters is 1. The van der Waals surface area contributed by atoms with Crippen molar-refractivity contribution >= 4 is 49.8 Å². The molecule has 0 saturated heterocycles. The minimum atomic E-state index is -2.71. The number of carbonyl (C=O) groups excluding carboxylic acids is 1. The van der Waals surface area contributed by atoms with Gasteiger partial charge in [-0.3, -0.25) is 4.72 Å². The first kappa shape index (κ1) is 18.4. The fraction of sp³-hybridized carbons (Fsp3) is 0.353.